The van der Waals surface area contributed by atoms with Gasteiger partial charge in [-0.1, -0.05) is 39.0 Å². The Kier molecular flexibility index (Phi) is 8.57. The number of hydrogen-bond acceptors (Lipinski definition) is 5. The molecule has 1 amide bonds. The van der Waals surface area contributed by atoms with Crippen LogP contribution >= 0.6 is 0 Å². The van der Waals surface area contributed by atoms with Crippen molar-refractivity contribution in [2.75, 3.05) is 7.11 Å². The van der Waals surface area contributed by atoms with Crippen LogP contribution in [0.3, 0.4) is 0 Å². The number of carbonyl (C=O) groups is 2. The van der Waals surface area contributed by atoms with E-state index in [0.717, 1.165) is 19.3 Å². The van der Waals surface area contributed by atoms with Crippen LogP contribution in [0.5, 0.6) is 11.5 Å². The fourth-order valence-electron chi connectivity index (χ4n) is 2.08. The Labute approximate surface area is 136 Å². The van der Waals surface area contributed by atoms with Crippen LogP contribution in [0.25, 0.3) is 0 Å². The van der Waals surface area contributed by atoms with Gasteiger partial charge in [-0.2, -0.15) is 5.48 Å². The van der Waals surface area contributed by atoms with E-state index in [9.17, 15) is 14.7 Å². The first-order chi connectivity index (χ1) is 11.1. The topological polar surface area (TPSA) is 84.9 Å². The van der Waals surface area contributed by atoms with Crippen LogP contribution in [-0.4, -0.2) is 24.1 Å². The maximum Gasteiger partial charge on any atom is 0.332 e. The number of benzene rings is 1. The summed E-state index contributed by atoms with van der Waals surface area (Å²) in [4.78, 5) is 28.1. The number of phenolic OH excluding ortho intramolecular Hbond substituents is 1. The molecule has 1 rings (SSSR count). The van der Waals surface area contributed by atoms with Gasteiger partial charge in [0.05, 0.1) is 7.11 Å². The van der Waals surface area contributed by atoms with Gasteiger partial charge in [0.1, 0.15) is 0 Å². The van der Waals surface area contributed by atoms with Crippen molar-refractivity contribution in [3.63, 3.8) is 0 Å². The molecule has 0 atom stereocenters. The Morgan fingerprint density at radius 3 is 2.52 bits per heavy atom. The minimum Gasteiger partial charge on any atom is -0.504 e. The van der Waals surface area contributed by atoms with E-state index < -0.39 is 11.9 Å². The zero-order valence-corrected chi connectivity index (χ0v) is 13.8. The van der Waals surface area contributed by atoms with Crippen LogP contribution in [0.15, 0.2) is 18.2 Å². The van der Waals surface area contributed by atoms with Crippen LogP contribution in [0.1, 0.15) is 62.2 Å². The highest BCUT2D eigenvalue weighted by Gasteiger charge is 2.12. The van der Waals surface area contributed by atoms with Crippen molar-refractivity contribution in [3.05, 3.63) is 23.8 Å². The molecule has 0 saturated heterocycles. The molecule has 128 valence electrons. The lowest BCUT2D eigenvalue weighted by Gasteiger charge is -2.08. The maximum absolute atomic E-state index is 11.9. The normalized spacial score (nSPS) is 10.2. The smallest absolute Gasteiger partial charge is 0.332 e. The molecular weight excluding hydrogens is 298 g/mol. The first-order valence-electron chi connectivity index (χ1n) is 7.95. The Morgan fingerprint density at radius 1 is 1.13 bits per heavy atom. The lowest BCUT2D eigenvalue weighted by Crippen LogP contribution is -2.27. The summed E-state index contributed by atoms with van der Waals surface area (Å²) in [5, 5.41) is 9.47. The van der Waals surface area contributed by atoms with Gasteiger partial charge in [-0.05, 0) is 24.6 Å². The largest absolute Gasteiger partial charge is 0.504 e. The molecule has 2 N–H and O–H groups in total. The average Bonchev–Trinajstić information content (AvgIpc) is 2.56. The fourth-order valence-corrected chi connectivity index (χ4v) is 2.08. The quantitative estimate of drug-likeness (QED) is 0.538. The van der Waals surface area contributed by atoms with Crippen LogP contribution in [0.2, 0.25) is 0 Å². The third kappa shape index (κ3) is 7.04. The molecule has 0 aliphatic rings. The lowest BCUT2D eigenvalue weighted by molar-refractivity contribution is -0.149. The van der Waals surface area contributed by atoms with Gasteiger partial charge in [0.25, 0.3) is 5.91 Å². The predicted octanol–water partition coefficient (Wildman–Crippen LogP) is 3.34. The number of hydroxylamine groups is 1. The average molecular weight is 323 g/mol. The summed E-state index contributed by atoms with van der Waals surface area (Å²) in [6.07, 6.45) is 6.73. The summed E-state index contributed by atoms with van der Waals surface area (Å²) < 4.78 is 4.92. The van der Waals surface area contributed by atoms with Gasteiger partial charge in [0.2, 0.25) is 0 Å². The Morgan fingerprint density at radius 2 is 1.83 bits per heavy atom. The molecule has 6 nitrogen and oxygen atoms in total. The molecule has 0 aromatic heterocycles. The van der Waals surface area contributed by atoms with E-state index in [0.29, 0.717) is 0 Å². The highest BCUT2D eigenvalue weighted by molar-refractivity contribution is 5.94. The molecule has 0 aliphatic heterocycles. The Balaban J connectivity index is 2.28. The summed E-state index contributed by atoms with van der Waals surface area (Å²) >= 11 is 0. The molecule has 0 radical (unpaired) electrons. The van der Waals surface area contributed by atoms with E-state index in [1.807, 2.05) is 0 Å². The van der Waals surface area contributed by atoms with Crippen molar-refractivity contribution in [2.45, 2.75) is 51.9 Å². The van der Waals surface area contributed by atoms with E-state index in [-0.39, 0.29) is 23.5 Å². The number of amides is 1. The third-order valence-corrected chi connectivity index (χ3v) is 3.43. The van der Waals surface area contributed by atoms with Crippen molar-refractivity contribution in [2.24, 2.45) is 0 Å². The Bertz CT molecular complexity index is 516. The molecule has 0 aliphatic carbocycles. The van der Waals surface area contributed by atoms with E-state index in [4.69, 9.17) is 9.57 Å². The van der Waals surface area contributed by atoms with Gasteiger partial charge in [-0.25, -0.2) is 4.79 Å². The predicted molar refractivity (Wildman–Crippen MR) is 86.2 cm³/mol. The van der Waals surface area contributed by atoms with Crippen LogP contribution in [0, 0.1) is 0 Å². The number of hydrogen-bond donors (Lipinski definition) is 2. The van der Waals surface area contributed by atoms with Crippen LogP contribution in [0.4, 0.5) is 0 Å². The van der Waals surface area contributed by atoms with Gasteiger partial charge < -0.3 is 14.7 Å². The van der Waals surface area contributed by atoms with Crippen molar-refractivity contribution >= 4 is 11.9 Å². The SMILES string of the molecule is CCCCCCCCC(=O)ONC(=O)c1ccc(O)c(OC)c1. The van der Waals surface area contributed by atoms with Crippen molar-refractivity contribution in [1.29, 1.82) is 0 Å². The number of ether oxygens (including phenoxy) is 1. The number of methoxy groups -OCH3 is 1. The lowest BCUT2D eigenvalue weighted by atomic mass is 10.1. The number of aromatic hydroxyl groups is 1. The first kappa shape index (κ1) is 18.8. The number of carbonyl (C=O) groups excluding carboxylic acids is 2. The zero-order chi connectivity index (χ0) is 17.1. The van der Waals surface area contributed by atoms with E-state index in [2.05, 4.69) is 12.4 Å². The van der Waals surface area contributed by atoms with E-state index in [1.54, 1.807) is 0 Å². The molecule has 0 heterocycles. The van der Waals surface area contributed by atoms with Crippen molar-refractivity contribution < 1.29 is 24.3 Å². The summed E-state index contributed by atoms with van der Waals surface area (Å²) in [5.74, 6) is -0.917. The van der Waals surface area contributed by atoms with Crippen LogP contribution in [-0.2, 0) is 9.63 Å². The standard InChI is InChI=1S/C17H25NO5/c1-3-4-5-6-7-8-9-16(20)23-18-17(21)13-10-11-14(19)15(12-13)22-2/h10-12,19H,3-9H2,1-2H3,(H,18,21). The number of rotatable bonds is 9. The molecule has 23 heavy (non-hydrogen) atoms. The summed E-state index contributed by atoms with van der Waals surface area (Å²) in [6, 6.07) is 4.12. The van der Waals surface area contributed by atoms with Crippen LogP contribution < -0.4 is 10.2 Å². The molecule has 0 fully saturated rings. The second-order valence-electron chi connectivity index (χ2n) is 5.31. The molecular formula is C17H25NO5. The first-order valence-corrected chi connectivity index (χ1v) is 7.95. The highest BCUT2D eigenvalue weighted by atomic mass is 16.7. The number of unbranched alkanes of at least 4 members (excludes halogenated alkanes) is 5. The van der Waals surface area contributed by atoms with Gasteiger partial charge in [-0.3, -0.25) is 4.79 Å². The second kappa shape index (κ2) is 10.5. The molecule has 1 aromatic rings. The van der Waals surface area contributed by atoms with Gasteiger partial charge in [0, 0.05) is 12.0 Å². The molecule has 0 unspecified atom stereocenters. The molecule has 1 aromatic carbocycles. The summed E-state index contributed by atoms with van der Waals surface area (Å²) in [5.41, 5.74) is 2.33. The maximum atomic E-state index is 11.9. The summed E-state index contributed by atoms with van der Waals surface area (Å²) in [6.45, 7) is 2.16. The monoisotopic (exact) mass is 323 g/mol. The number of nitrogens with one attached hydrogen (secondary N) is 1. The minimum absolute atomic E-state index is 0.0656. The Hall–Kier alpha value is -2.24. The third-order valence-electron chi connectivity index (χ3n) is 3.43. The molecule has 0 saturated carbocycles. The second-order valence-corrected chi connectivity index (χ2v) is 5.31. The van der Waals surface area contributed by atoms with Gasteiger partial charge in [-0.15, -0.1) is 0 Å². The molecule has 6 heteroatoms. The zero-order valence-electron chi connectivity index (χ0n) is 13.8. The molecule has 0 spiro atoms. The minimum atomic E-state index is -0.570. The summed E-state index contributed by atoms with van der Waals surface area (Å²) in [7, 11) is 1.39. The van der Waals surface area contributed by atoms with Gasteiger partial charge in [0.15, 0.2) is 11.5 Å². The van der Waals surface area contributed by atoms with Crippen molar-refractivity contribution in [1.82, 2.24) is 5.48 Å². The van der Waals surface area contributed by atoms with Crippen molar-refractivity contribution in [3.8, 4) is 11.5 Å². The van der Waals surface area contributed by atoms with E-state index in [1.165, 1.54) is 44.6 Å². The van der Waals surface area contributed by atoms with E-state index >= 15 is 0 Å². The molecule has 0 bridgehead atoms. The van der Waals surface area contributed by atoms with Gasteiger partial charge >= 0.3 is 5.97 Å². The fraction of sp³-hybridized carbons (Fsp3) is 0.529. The highest BCUT2D eigenvalue weighted by Crippen LogP contribution is 2.26. The number of phenols is 1.